The van der Waals surface area contributed by atoms with Gasteiger partial charge in [-0.05, 0) is 18.9 Å². The predicted octanol–water partition coefficient (Wildman–Crippen LogP) is 0.00870. The number of nitrogens with one attached hydrogen (secondary N) is 1. The number of aryl methyl sites for hydroxylation is 1. The summed E-state index contributed by atoms with van der Waals surface area (Å²) in [6.07, 6.45) is 3.83. The van der Waals surface area contributed by atoms with Gasteiger partial charge in [-0.3, -0.25) is 9.59 Å². The van der Waals surface area contributed by atoms with Gasteiger partial charge in [0.2, 0.25) is 5.91 Å². The van der Waals surface area contributed by atoms with Crippen molar-refractivity contribution in [1.82, 2.24) is 15.3 Å². The SMILES string of the molecule is CCOc1ncc(CCC(=O)NCC(=O)O)cn1. The van der Waals surface area contributed by atoms with Crippen LogP contribution in [0.5, 0.6) is 6.01 Å². The third kappa shape index (κ3) is 5.24. The highest BCUT2D eigenvalue weighted by Crippen LogP contribution is 2.04. The van der Waals surface area contributed by atoms with Crippen LogP contribution < -0.4 is 10.1 Å². The summed E-state index contributed by atoms with van der Waals surface area (Å²) in [4.78, 5) is 29.4. The van der Waals surface area contributed by atoms with Crippen LogP contribution in [0.1, 0.15) is 18.9 Å². The summed E-state index contributed by atoms with van der Waals surface area (Å²) in [6.45, 7) is 1.97. The van der Waals surface area contributed by atoms with E-state index in [1.807, 2.05) is 6.92 Å². The van der Waals surface area contributed by atoms with Crippen LogP contribution in [-0.2, 0) is 16.0 Å². The number of nitrogens with zero attached hydrogens (tertiary/aromatic N) is 2. The molecule has 0 spiro atoms. The molecule has 0 aliphatic carbocycles. The van der Waals surface area contributed by atoms with Crippen LogP contribution in [0.4, 0.5) is 0 Å². The number of carboxylic acids is 1. The van der Waals surface area contributed by atoms with Crippen LogP contribution in [0.25, 0.3) is 0 Å². The highest BCUT2D eigenvalue weighted by molar-refractivity contribution is 5.81. The fraction of sp³-hybridized carbons (Fsp3) is 0.455. The maximum absolute atomic E-state index is 11.3. The van der Waals surface area contributed by atoms with E-state index in [2.05, 4.69) is 15.3 Å². The minimum atomic E-state index is -1.06. The quantitative estimate of drug-likeness (QED) is 0.709. The normalized spacial score (nSPS) is 9.83. The smallest absolute Gasteiger partial charge is 0.322 e. The van der Waals surface area contributed by atoms with Crippen LogP contribution in [0.15, 0.2) is 12.4 Å². The van der Waals surface area contributed by atoms with Gasteiger partial charge in [-0.2, -0.15) is 0 Å². The Bertz CT molecular complexity index is 405. The molecule has 0 aromatic carbocycles. The zero-order valence-electron chi connectivity index (χ0n) is 10.0. The Morgan fingerprint density at radius 3 is 2.61 bits per heavy atom. The van der Waals surface area contributed by atoms with Crippen LogP contribution >= 0.6 is 0 Å². The molecule has 0 unspecified atom stereocenters. The van der Waals surface area contributed by atoms with Crippen molar-refractivity contribution in [1.29, 1.82) is 0 Å². The molecule has 1 heterocycles. The van der Waals surface area contributed by atoms with Crippen molar-refractivity contribution < 1.29 is 19.4 Å². The molecule has 0 aliphatic rings. The molecule has 0 atom stereocenters. The minimum Gasteiger partial charge on any atom is -0.480 e. The lowest BCUT2D eigenvalue weighted by Gasteiger charge is -2.03. The van der Waals surface area contributed by atoms with E-state index in [9.17, 15) is 9.59 Å². The van der Waals surface area contributed by atoms with Gasteiger partial charge in [-0.15, -0.1) is 0 Å². The Balaban J connectivity index is 2.34. The van der Waals surface area contributed by atoms with Gasteiger partial charge >= 0.3 is 12.0 Å². The zero-order chi connectivity index (χ0) is 13.4. The van der Waals surface area contributed by atoms with Crippen molar-refractivity contribution in [2.45, 2.75) is 19.8 Å². The molecule has 1 amide bonds. The Hall–Kier alpha value is -2.18. The molecule has 0 saturated heterocycles. The Kier molecular flexibility index (Phi) is 5.56. The number of hydrogen-bond donors (Lipinski definition) is 2. The largest absolute Gasteiger partial charge is 0.480 e. The van der Waals surface area contributed by atoms with E-state index in [4.69, 9.17) is 9.84 Å². The highest BCUT2D eigenvalue weighted by atomic mass is 16.5. The number of carboxylic acid groups (broad SMARTS) is 1. The number of rotatable bonds is 7. The van der Waals surface area contributed by atoms with Crippen molar-refractivity contribution in [3.63, 3.8) is 0 Å². The summed E-state index contributed by atoms with van der Waals surface area (Å²) in [5, 5.41) is 10.7. The summed E-state index contributed by atoms with van der Waals surface area (Å²) < 4.78 is 5.08. The summed E-state index contributed by atoms with van der Waals surface area (Å²) in [7, 11) is 0. The summed E-state index contributed by atoms with van der Waals surface area (Å²) in [5.41, 5.74) is 0.795. The first kappa shape index (κ1) is 13.9. The molecule has 7 heteroatoms. The van der Waals surface area contributed by atoms with E-state index >= 15 is 0 Å². The van der Waals surface area contributed by atoms with Gasteiger partial charge in [-0.25, -0.2) is 9.97 Å². The molecule has 0 bridgehead atoms. The van der Waals surface area contributed by atoms with Crippen molar-refractivity contribution in [3.8, 4) is 6.01 Å². The lowest BCUT2D eigenvalue weighted by molar-refractivity contribution is -0.137. The molecule has 0 saturated carbocycles. The third-order valence-corrected chi connectivity index (χ3v) is 2.03. The van der Waals surface area contributed by atoms with E-state index in [0.29, 0.717) is 19.0 Å². The Labute approximate surface area is 104 Å². The number of carbonyl (C=O) groups is 2. The van der Waals surface area contributed by atoms with E-state index in [0.717, 1.165) is 5.56 Å². The zero-order valence-corrected chi connectivity index (χ0v) is 10.0. The van der Waals surface area contributed by atoms with Crippen molar-refractivity contribution in [2.24, 2.45) is 0 Å². The topological polar surface area (TPSA) is 101 Å². The van der Waals surface area contributed by atoms with Gasteiger partial charge in [-0.1, -0.05) is 0 Å². The standard InChI is InChI=1S/C11H15N3O4/c1-2-18-11-13-5-8(6-14-11)3-4-9(15)12-7-10(16)17/h5-6H,2-4,7H2,1H3,(H,12,15)(H,16,17). The lowest BCUT2D eigenvalue weighted by atomic mass is 10.2. The average molecular weight is 253 g/mol. The summed E-state index contributed by atoms with van der Waals surface area (Å²) in [6, 6.07) is 0.302. The maximum Gasteiger partial charge on any atom is 0.322 e. The average Bonchev–Trinajstić information content (AvgIpc) is 2.36. The fourth-order valence-corrected chi connectivity index (χ4v) is 1.20. The summed E-state index contributed by atoms with van der Waals surface area (Å²) >= 11 is 0. The first-order valence-corrected chi connectivity index (χ1v) is 5.54. The van der Waals surface area contributed by atoms with Crippen LogP contribution in [0, 0.1) is 0 Å². The molecule has 0 aliphatic heterocycles. The lowest BCUT2D eigenvalue weighted by Crippen LogP contribution is -2.29. The number of aromatic nitrogens is 2. The second-order valence-electron chi connectivity index (χ2n) is 3.48. The molecule has 1 aromatic heterocycles. The van der Waals surface area contributed by atoms with Crippen molar-refractivity contribution >= 4 is 11.9 Å². The van der Waals surface area contributed by atoms with Gasteiger partial charge in [0.15, 0.2) is 0 Å². The van der Waals surface area contributed by atoms with Crippen molar-refractivity contribution in [3.05, 3.63) is 18.0 Å². The van der Waals surface area contributed by atoms with Gasteiger partial charge in [0.05, 0.1) is 6.61 Å². The second-order valence-corrected chi connectivity index (χ2v) is 3.48. The van der Waals surface area contributed by atoms with E-state index < -0.39 is 5.97 Å². The number of amides is 1. The molecule has 7 nitrogen and oxygen atoms in total. The number of hydrogen-bond acceptors (Lipinski definition) is 5. The first-order valence-electron chi connectivity index (χ1n) is 5.54. The predicted molar refractivity (Wildman–Crippen MR) is 62.2 cm³/mol. The van der Waals surface area contributed by atoms with Crippen LogP contribution in [0.2, 0.25) is 0 Å². The Morgan fingerprint density at radius 2 is 2.06 bits per heavy atom. The van der Waals surface area contributed by atoms with Gasteiger partial charge in [0.25, 0.3) is 0 Å². The molecule has 0 radical (unpaired) electrons. The minimum absolute atomic E-state index is 0.199. The number of aliphatic carboxylic acids is 1. The second kappa shape index (κ2) is 7.21. The molecule has 18 heavy (non-hydrogen) atoms. The maximum atomic E-state index is 11.3. The number of carbonyl (C=O) groups excluding carboxylic acids is 1. The van der Waals surface area contributed by atoms with E-state index in [1.54, 1.807) is 12.4 Å². The third-order valence-electron chi connectivity index (χ3n) is 2.03. The molecule has 0 fully saturated rings. The molecular weight excluding hydrogens is 238 g/mol. The van der Waals surface area contributed by atoms with Crippen LogP contribution in [-0.4, -0.2) is 40.1 Å². The van der Waals surface area contributed by atoms with E-state index in [-0.39, 0.29) is 18.9 Å². The molecule has 98 valence electrons. The van der Waals surface area contributed by atoms with Gasteiger partial charge in [0, 0.05) is 18.8 Å². The van der Waals surface area contributed by atoms with Crippen LogP contribution in [0.3, 0.4) is 0 Å². The molecule has 2 N–H and O–H groups in total. The van der Waals surface area contributed by atoms with Crippen molar-refractivity contribution in [2.75, 3.05) is 13.2 Å². The fourth-order valence-electron chi connectivity index (χ4n) is 1.20. The van der Waals surface area contributed by atoms with E-state index in [1.165, 1.54) is 0 Å². The van der Waals surface area contributed by atoms with Gasteiger partial charge < -0.3 is 15.2 Å². The first-order chi connectivity index (χ1) is 8.61. The monoisotopic (exact) mass is 253 g/mol. The Morgan fingerprint density at radius 1 is 1.39 bits per heavy atom. The summed E-state index contributed by atoms with van der Waals surface area (Å²) in [5.74, 6) is -1.38. The van der Waals surface area contributed by atoms with Gasteiger partial charge in [0.1, 0.15) is 6.54 Å². The molecule has 1 aromatic rings. The molecule has 1 rings (SSSR count). The molecular formula is C11H15N3O4. The highest BCUT2D eigenvalue weighted by Gasteiger charge is 2.05. The number of ether oxygens (including phenoxy) is 1.